The van der Waals surface area contributed by atoms with Gasteiger partial charge in [-0.3, -0.25) is 4.98 Å². The number of benzene rings is 1. The number of nitrogens with one attached hydrogen (secondary N) is 1. The van der Waals surface area contributed by atoms with Crippen LogP contribution in [0.15, 0.2) is 48.8 Å². The van der Waals surface area contributed by atoms with Crippen molar-refractivity contribution in [3.8, 4) is 11.3 Å². The molecule has 1 unspecified atom stereocenters. The summed E-state index contributed by atoms with van der Waals surface area (Å²) in [5, 5.41) is 2.93. The van der Waals surface area contributed by atoms with Crippen molar-refractivity contribution in [2.75, 3.05) is 31.2 Å². The number of hydrogen-bond donors (Lipinski definition) is 1. The Morgan fingerprint density at radius 2 is 1.97 bits per heavy atom. The molecule has 1 N–H and O–H groups in total. The van der Waals surface area contributed by atoms with Crippen LogP contribution < -0.4 is 10.2 Å². The first-order chi connectivity index (χ1) is 16.7. The molecule has 0 radical (unpaired) electrons. The molecule has 1 amide bonds. The first kappa shape index (κ1) is 24.7. The van der Waals surface area contributed by atoms with E-state index in [1.165, 1.54) is 6.07 Å². The van der Waals surface area contributed by atoms with Crippen LogP contribution in [0, 0.1) is 5.82 Å². The predicted molar refractivity (Wildman–Crippen MR) is 132 cm³/mol. The Morgan fingerprint density at radius 1 is 1.20 bits per heavy atom. The zero-order chi connectivity index (χ0) is 25.0. The second-order valence-electron chi connectivity index (χ2n) is 9.55. The van der Waals surface area contributed by atoms with Crippen molar-refractivity contribution in [3.63, 3.8) is 0 Å². The lowest BCUT2D eigenvalue weighted by Gasteiger charge is -2.29. The number of imidazole rings is 1. The molecule has 0 bridgehead atoms. The van der Waals surface area contributed by atoms with Gasteiger partial charge in [0, 0.05) is 44.0 Å². The standard InChI is InChI=1S/C26H32FN5O3/c1-26(2,3)35-25(33)30-21(16-19-7-5-6-10-28-19)24-29-17-23(31(24)4)18-8-9-22(20(27)15-18)32-11-13-34-14-12-32/h5-10,15,17,21H,11-14,16H2,1-4H3,(H,30,33). The lowest BCUT2D eigenvalue weighted by atomic mass is 10.1. The van der Waals surface area contributed by atoms with E-state index in [-0.39, 0.29) is 5.82 Å². The van der Waals surface area contributed by atoms with Gasteiger partial charge in [-0.25, -0.2) is 14.2 Å². The number of carbonyl (C=O) groups excluding carboxylic acids is 1. The first-order valence-corrected chi connectivity index (χ1v) is 11.7. The number of alkyl carbamates (subject to hydrolysis) is 1. The number of pyridine rings is 1. The van der Waals surface area contributed by atoms with E-state index >= 15 is 4.39 Å². The smallest absolute Gasteiger partial charge is 0.408 e. The number of ether oxygens (including phenoxy) is 2. The fraction of sp³-hybridized carbons (Fsp3) is 0.423. The largest absolute Gasteiger partial charge is 0.444 e. The SMILES string of the molecule is Cn1c(-c2ccc(N3CCOCC3)c(F)c2)cnc1C(Cc1ccccn1)NC(=O)OC(C)(C)C. The van der Waals surface area contributed by atoms with Crippen LogP contribution in [0.3, 0.4) is 0 Å². The molecule has 3 aromatic rings. The average molecular weight is 482 g/mol. The Kier molecular flexibility index (Phi) is 7.35. The lowest BCUT2D eigenvalue weighted by molar-refractivity contribution is 0.0500. The summed E-state index contributed by atoms with van der Waals surface area (Å²) in [4.78, 5) is 23.6. The molecule has 8 nitrogen and oxygen atoms in total. The van der Waals surface area contributed by atoms with E-state index in [9.17, 15) is 4.79 Å². The number of amides is 1. The highest BCUT2D eigenvalue weighted by molar-refractivity contribution is 5.69. The van der Waals surface area contributed by atoms with E-state index in [1.54, 1.807) is 18.5 Å². The van der Waals surface area contributed by atoms with Crippen molar-refractivity contribution in [2.24, 2.45) is 7.05 Å². The van der Waals surface area contributed by atoms with E-state index in [0.717, 1.165) is 11.4 Å². The van der Waals surface area contributed by atoms with Crippen LogP contribution >= 0.6 is 0 Å². The number of halogens is 1. The van der Waals surface area contributed by atoms with E-state index in [2.05, 4.69) is 15.3 Å². The number of anilines is 1. The van der Waals surface area contributed by atoms with Gasteiger partial charge in [0.2, 0.25) is 0 Å². The molecule has 2 aromatic heterocycles. The van der Waals surface area contributed by atoms with Crippen LogP contribution in [0.1, 0.15) is 38.3 Å². The van der Waals surface area contributed by atoms with Crippen LogP contribution in [0.2, 0.25) is 0 Å². The first-order valence-electron chi connectivity index (χ1n) is 11.7. The van der Waals surface area contributed by atoms with Crippen molar-refractivity contribution in [1.29, 1.82) is 0 Å². The molecular formula is C26H32FN5O3. The van der Waals surface area contributed by atoms with Crippen molar-refractivity contribution < 1.29 is 18.7 Å². The Bertz CT molecular complexity index is 1150. The third-order valence-electron chi connectivity index (χ3n) is 5.76. The van der Waals surface area contributed by atoms with Gasteiger partial charge < -0.3 is 24.3 Å². The van der Waals surface area contributed by atoms with Gasteiger partial charge in [0.15, 0.2) is 0 Å². The van der Waals surface area contributed by atoms with Crippen molar-refractivity contribution in [3.05, 3.63) is 66.1 Å². The summed E-state index contributed by atoms with van der Waals surface area (Å²) < 4.78 is 27.8. The maximum atomic E-state index is 15.0. The van der Waals surface area contributed by atoms with Crippen LogP contribution in [0.4, 0.5) is 14.9 Å². The zero-order valence-corrected chi connectivity index (χ0v) is 20.6. The summed E-state index contributed by atoms with van der Waals surface area (Å²) in [5.74, 6) is 0.332. The second-order valence-corrected chi connectivity index (χ2v) is 9.55. The van der Waals surface area contributed by atoms with Gasteiger partial charge in [-0.05, 0) is 45.0 Å². The highest BCUT2D eigenvalue weighted by Gasteiger charge is 2.25. The summed E-state index contributed by atoms with van der Waals surface area (Å²) in [7, 11) is 1.85. The molecular weight excluding hydrogens is 449 g/mol. The van der Waals surface area contributed by atoms with Crippen LogP contribution in [-0.2, 0) is 22.9 Å². The molecule has 0 saturated carbocycles. The summed E-state index contributed by atoms with van der Waals surface area (Å²) in [5.41, 5.74) is 2.18. The fourth-order valence-electron chi connectivity index (χ4n) is 4.13. The Hall–Kier alpha value is -3.46. The number of aromatic nitrogens is 3. The van der Waals surface area contributed by atoms with Crippen molar-refractivity contribution >= 4 is 11.8 Å². The number of hydrogen-bond acceptors (Lipinski definition) is 6. The third-order valence-corrected chi connectivity index (χ3v) is 5.76. The number of rotatable bonds is 6. The summed E-state index contributed by atoms with van der Waals surface area (Å²) in [6.07, 6.45) is 3.29. The second kappa shape index (κ2) is 10.4. The fourth-order valence-corrected chi connectivity index (χ4v) is 4.13. The van der Waals surface area contributed by atoms with E-state index < -0.39 is 17.7 Å². The molecule has 0 aliphatic carbocycles. The Morgan fingerprint density at radius 3 is 2.63 bits per heavy atom. The van der Waals surface area contributed by atoms with Gasteiger partial charge in [-0.1, -0.05) is 12.1 Å². The number of nitrogens with zero attached hydrogens (tertiary/aromatic N) is 4. The molecule has 35 heavy (non-hydrogen) atoms. The van der Waals surface area contributed by atoms with Gasteiger partial charge >= 0.3 is 6.09 Å². The maximum Gasteiger partial charge on any atom is 0.408 e. The number of morpholine rings is 1. The summed E-state index contributed by atoms with van der Waals surface area (Å²) >= 11 is 0. The molecule has 3 heterocycles. The van der Waals surface area contributed by atoms with Gasteiger partial charge in [0.1, 0.15) is 17.2 Å². The van der Waals surface area contributed by atoms with E-state index in [0.29, 0.717) is 49.8 Å². The zero-order valence-electron chi connectivity index (χ0n) is 20.6. The minimum Gasteiger partial charge on any atom is -0.444 e. The van der Waals surface area contributed by atoms with E-state index in [1.807, 2.05) is 61.6 Å². The van der Waals surface area contributed by atoms with Crippen LogP contribution in [0.5, 0.6) is 0 Å². The molecule has 1 aromatic carbocycles. The van der Waals surface area contributed by atoms with Crippen LogP contribution in [-0.4, -0.2) is 52.5 Å². The Labute approximate surface area is 205 Å². The summed E-state index contributed by atoms with van der Waals surface area (Å²) in [6, 6.07) is 10.4. The van der Waals surface area contributed by atoms with Gasteiger partial charge in [-0.2, -0.15) is 0 Å². The average Bonchev–Trinajstić information content (AvgIpc) is 3.20. The molecule has 1 saturated heterocycles. The predicted octanol–water partition coefficient (Wildman–Crippen LogP) is 4.27. The summed E-state index contributed by atoms with van der Waals surface area (Å²) in [6.45, 7) is 7.95. The topological polar surface area (TPSA) is 81.5 Å². The molecule has 1 fully saturated rings. The third kappa shape index (κ3) is 6.16. The quantitative estimate of drug-likeness (QED) is 0.567. The monoisotopic (exact) mass is 481 g/mol. The Balaban J connectivity index is 1.61. The van der Waals surface area contributed by atoms with Crippen molar-refractivity contribution in [2.45, 2.75) is 38.8 Å². The van der Waals surface area contributed by atoms with Gasteiger partial charge in [0.05, 0.1) is 36.8 Å². The molecule has 186 valence electrons. The lowest BCUT2D eigenvalue weighted by Crippen LogP contribution is -2.37. The van der Waals surface area contributed by atoms with Crippen LogP contribution in [0.25, 0.3) is 11.3 Å². The highest BCUT2D eigenvalue weighted by Crippen LogP contribution is 2.29. The van der Waals surface area contributed by atoms with Crippen molar-refractivity contribution in [1.82, 2.24) is 19.9 Å². The van der Waals surface area contributed by atoms with E-state index in [4.69, 9.17) is 9.47 Å². The normalized spacial score (nSPS) is 15.1. The number of carbonyl (C=O) groups is 1. The molecule has 4 rings (SSSR count). The minimum atomic E-state index is -0.633. The van der Waals surface area contributed by atoms with Gasteiger partial charge in [0.25, 0.3) is 0 Å². The van der Waals surface area contributed by atoms with Gasteiger partial charge in [-0.15, -0.1) is 0 Å². The molecule has 1 atom stereocenters. The highest BCUT2D eigenvalue weighted by atomic mass is 19.1. The maximum absolute atomic E-state index is 15.0. The molecule has 0 spiro atoms. The molecule has 9 heteroatoms. The minimum absolute atomic E-state index is 0.288. The molecule has 1 aliphatic heterocycles. The molecule has 1 aliphatic rings.